The molecule has 3 aromatic rings. The Bertz CT molecular complexity index is 1120. The molecule has 5 nitrogen and oxygen atoms in total. The summed E-state index contributed by atoms with van der Waals surface area (Å²) >= 11 is 5.70. The molecule has 1 aliphatic heterocycles. The fourth-order valence-electron chi connectivity index (χ4n) is 2.98. The fourth-order valence-corrected chi connectivity index (χ4v) is 7.61. The minimum absolute atomic E-state index is 0.188. The van der Waals surface area contributed by atoms with Crippen LogP contribution in [0.25, 0.3) is 10.1 Å². The van der Waals surface area contributed by atoms with E-state index in [9.17, 15) is 17.6 Å². The van der Waals surface area contributed by atoms with Crippen LogP contribution >= 0.6 is 38.6 Å². The highest BCUT2D eigenvalue weighted by molar-refractivity contribution is 9.11. The number of thiophene rings is 2. The summed E-state index contributed by atoms with van der Waals surface area (Å²) in [5.41, 5.74) is 0. The molecule has 0 atom stereocenters. The third-order valence-electron chi connectivity index (χ3n) is 4.39. The largest absolute Gasteiger partial charge is 0.335 e. The average molecular weight is 489 g/mol. The molecule has 0 aliphatic carbocycles. The average Bonchev–Trinajstić information content (AvgIpc) is 3.29. The van der Waals surface area contributed by atoms with E-state index in [0.717, 1.165) is 8.49 Å². The summed E-state index contributed by atoms with van der Waals surface area (Å²) in [4.78, 5) is 14.8. The van der Waals surface area contributed by atoms with Gasteiger partial charge >= 0.3 is 0 Å². The second kappa shape index (κ2) is 7.25. The number of carbonyl (C=O) groups is 1. The Morgan fingerprint density at radius 3 is 2.44 bits per heavy atom. The molecule has 4 rings (SSSR count). The third kappa shape index (κ3) is 3.56. The number of amides is 1. The van der Waals surface area contributed by atoms with Gasteiger partial charge < -0.3 is 4.90 Å². The number of sulfonamides is 1. The third-order valence-corrected chi connectivity index (χ3v) is 9.47. The minimum Gasteiger partial charge on any atom is -0.335 e. The Kier molecular flexibility index (Phi) is 5.10. The van der Waals surface area contributed by atoms with Crippen molar-refractivity contribution in [2.75, 3.05) is 26.2 Å². The Morgan fingerprint density at radius 2 is 1.81 bits per heavy atom. The zero-order valence-electron chi connectivity index (χ0n) is 13.9. The molecule has 27 heavy (non-hydrogen) atoms. The van der Waals surface area contributed by atoms with Crippen molar-refractivity contribution in [3.63, 3.8) is 0 Å². The van der Waals surface area contributed by atoms with Crippen LogP contribution in [0.4, 0.5) is 4.39 Å². The van der Waals surface area contributed by atoms with Crippen molar-refractivity contribution in [3.05, 3.63) is 50.9 Å². The van der Waals surface area contributed by atoms with Crippen LogP contribution in [-0.2, 0) is 10.0 Å². The lowest BCUT2D eigenvalue weighted by atomic mass is 10.2. The van der Waals surface area contributed by atoms with E-state index in [2.05, 4.69) is 15.9 Å². The number of rotatable bonds is 3. The quantitative estimate of drug-likeness (QED) is 0.559. The van der Waals surface area contributed by atoms with E-state index in [1.165, 1.54) is 33.0 Å². The van der Waals surface area contributed by atoms with E-state index in [1.54, 1.807) is 35.2 Å². The highest BCUT2D eigenvalue weighted by Gasteiger charge is 2.31. The van der Waals surface area contributed by atoms with Crippen molar-refractivity contribution in [3.8, 4) is 0 Å². The summed E-state index contributed by atoms with van der Waals surface area (Å²) in [6, 6.07) is 9.63. The normalized spacial score (nSPS) is 16.1. The maximum atomic E-state index is 13.9. The highest BCUT2D eigenvalue weighted by Crippen LogP contribution is 2.30. The van der Waals surface area contributed by atoms with Crippen molar-refractivity contribution in [2.24, 2.45) is 0 Å². The first kappa shape index (κ1) is 19.0. The number of halogens is 2. The lowest BCUT2D eigenvalue weighted by Crippen LogP contribution is -2.50. The van der Waals surface area contributed by atoms with Crippen LogP contribution in [0.1, 0.15) is 9.67 Å². The zero-order valence-corrected chi connectivity index (χ0v) is 17.9. The number of nitrogens with zero attached hydrogens (tertiary/aromatic N) is 2. The molecule has 0 spiro atoms. The lowest BCUT2D eigenvalue weighted by Gasteiger charge is -2.33. The van der Waals surface area contributed by atoms with Crippen LogP contribution in [0.3, 0.4) is 0 Å². The van der Waals surface area contributed by atoms with Gasteiger partial charge in [-0.3, -0.25) is 4.79 Å². The summed E-state index contributed by atoms with van der Waals surface area (Å²) in [6.45, 7) is 1.09. The summed E-state index contributed by atoms with van der Waals surface area (Å²) < 4.78 is 42.4. The van der Waals surface area contributed by atoms with E-state index in [-0.39, 0.29) is 29.0 Å². The number of carbonyl (C=O) groups excluding carboxylic acids is 1. The zero-order chi connectivity index (χ0) is 19.2. The van der Waals surface area contributed by atoms with Gasteiger partial charge in [0, 0.05) is 36.3 Å². The van der Waals surface area contributed by atoms with Gasteiger partial charge in [0.15, 0.2) is 0 Å². The van der Waals surface area contributed by atoms with E-state index in [0.29, 0.717) is 23.4 Å². The molecule has 0 bridgehead atoms. The van der Waals surface area contributed by atoms with Gasteiger partial charge in [0.1, 0.15) is 10.0 Å². The molecular weight excluding hydrogens is 475 g/mol. The maximum absolute atomic E-state index is 13.9. The number of hydrogen-bond acceptors (Lipinski definition) is 5. The molecule has 0 unspecified atom stereocenters. The number of fused-ring (bicyclic) bond motifs is 1. The van der Waals surface area contributed by atoms with Crippen molar-refractivity contribution in [1.29, 1.82) is 0 Å². The van der Waals surface area contributed by atoms with Gasteiger partial charge in [-0.15, -0.1) is 22.7 Å². The van der Waals surface area contributed by atoms with Crippen molar-refractivity contribution in [1.82, 2.24) is 9.21 Å². The van der Waals surface area contributed by atoms with Crippen molar-refractivity contribution >= 4 is 64.6 Å². The highest BCUT2D eigenvalue weighted by atomic mass is 79.9. The molecule has 142 valence electrons. The maximum Gasteiger partial charge on any atom is 0.264 e. The molecular formula is C17H14BrFN2O3S3. The van der Waals surface area contributed by atoms with E-state index < -0.39 is 10.0 Å². The van der Waals surface area contributed by atoms with Crippen LogP contribution in [0.15, 0.2) is 44.4 Å². The Balaban J connectivity index is 1.48. The molecule has 2 aromatic heterocycles. The van der Waals surface area contributed by atoms with Gasteiger partial charge in [0.2, 0.25) is 0 Å². The fraction of sp³-hybridized carbons (Fsp3) is 0.235. The summed E-state index contributed by atoms with van der Waals surface area (Å²) in [5, 5.41) is 0.440. The van der Waals surface area contributed by atoms with Gasteiger partial charge in [0.25, 0.3) is 15.9 Å². The second-order valence-electron chi connectivity index (χ2n) is 6.02. The van der Waals surface area contributed by atoms with Crippen LogP contribution in [-0.4, -0.2) is 49.7 Å². The number of piperazine rings is 1. The first-order chi connectivity index (χ1) is 12.9. The van der Waals surface area contributed by atoms with Crippen LogP contribution < -0.4 is 0 Å². The van der Waals surface area contributed by atoms with Crippen LogP contribution in [0.5, 0.6) is 0 Å². The first-order valence-electron chi connectivity index (χ1n) is 8.09. The molecule has 0 N–H and O–H groups in total. The molecule has 1 amide bonds. The van der Waals surface area contributed by atoms with E-state index in [4.69, 9.17) is 0 Å². The smallest absolute Gasteiger partial charge is 0.264 e. The molecule has 1 fully saturated rings. The Labute approximate surface area is 172 Å². The van der Waals surface area contributed by atoms with E-state index in [1.807, 2.05) is 0 Å². The van der Waals surface area contributed by atoms with Gasteiger partial charge in [-0.25, -0.2) is 12.8 Å². The summed E-state index contributed by atoms with van der Waals surface area (Å²) in [7, 11) is -3.54. The predicted octanol–water partition coefficient (Wildman–Crippen LogP) is 4.01. The first-order valence-corrected chi connectivity index (χ1v) is 12.0. The minimum atomic E-state index is -3.54. The molecule has 1 saturated heterocycles. The van der Waals surface area contributed by atoms with Crippen LogP contribution in [0.2, 0.25) is 0 Å². The number of hydrogen-bond donors (Lipinski definition) is 0. The van der Waals surface area contributed by atoms with Crippen molar-refractivity contribution < 1.29 is 17.6 Å². The predicted molar refractivity (Wildman–Crippen MR) is 108 cm³/mol. The van der Waals surface area contributed by atoms with Gasteiger partial charge in [-0.2, -0.15) is 4.31 Å². The molecule has 0 radical (unpaired) electrons. The SMILES string of the molecule is O=C(c1cc2c(F)cccc2s1)N1CCN(S(=O)(=O)c2ccc(Br)s2)CC1. The standard InChI is InChI=1S/C17H14BrFN2O3S3/c18-15-4-5-16(26-15)27(23,24)21-8-6-20(7-9-21)17(22)14-10-11-12(19)2-1-3-13(11)25-14/h1-5,10H,6-9H2. The van der Waals surface area contributed by atoms with Crippen LogP contribution in [0, 0.1) is 5.82 Å². The Hall–Kier alpha value is -1.33. The van der Waals surface area contributed by atoms with Gasteiger partial charge in [0.05, 0.1) is 8.66 Å². The molecule has 0 saturated carbocycles. The van der Waals surface area contributed by atoms with Gasteiger partial charge in [-0.1, -0.05) is 6.07 Å². The molecule has 3 heterocycles. The number of benzene rings is 1. The van der Waals surface area contributed by atoms with E-state index >= 15 is 0 Å². The van der Waals surface area contributed by atoms with Gasteiger partial charge in [-0.05, 0) is 46.3 Å². The molecule has 10 heteroatoms. The topological polar surface area (TPSA) is 57.7 Å². The lowest BCUT2D eigenvalue weighted by molar-refractivity contribution is 0.0703. The second-order valence-corrected chi connectivity index (χ2v) is 11.7. The molecule has 1 aromatic carbocycles. The molecule has 1 aliphatic rings. The monoisotopic (exact) mass is 488 g/mol. The summed E-state index contributed by atoms with van der Waals surface area (Å²) in [6.07, 6.45) is 0. The summed E-state index contributed by atoms with van der Waals surface area (Å²) in [5.74, 6) is -0.535. The van der Waals surface area contributed by atoms with Crippen molar-refractivity contribution in [2.45, 2.75) is 4.21 Å². The Morgan fingerprint density at radius 1 is 1.07 bits per heavy atom.